The second-order valence-electron chi connectivity index (χ2n) is 5.92. The van der Waals surface area contributed by atoms with Gasteiger partial charge >= 0.3 is 23.9 Å². The summed E-state index contributed by atoms with van der Waals surface area (Å²) in [5.41, 5.74) is 0.420. The summed E-state index contributed by atoms with van der Waals surface area (Å²) in [6.07, 6.45) is -0.989. The van der Waals surface area contributed by atoms with Gasteiger partial charge in [-0.25, -0.2) is 0 Å². The maximum atomic E-state index is 11.6. The first-order chi connectivity index (χ1) is 11.6. The number of carboxylic acid groups (broad SMARTS) is 4. The van der Waals surface area contributed by atoms with Crippen LogP contribution in [0.15, 0.2) is 18.2 Å². The second-order valence-corrected chi connectivity index (χ2v) is 6.36. The predicted molar refractivity (Wildman–Crippen MR) is 83.7 cm³/mol. The van der Waals surface area contributed by atoms with Gasteiger partial charge in [-0.1, -0.05) is 17.7 Å². The van der Waals surface area contributed by atoms with Crippen molar-refractivity contribution in [1.29, 1.82) is 0 Å². The second kappa shape index (κ2) is 7.10. The molecule has 4 atom stereocenters. The molecule has 0 bridgehead atoms. The minimum atomic E-state index is -1.39. The highest BCUT2D eigenvalue weighted by Gasteiger charge is 2.46. The summed E-state index contributed by atoms with van der Waals surface area (Å²) >= 11 is 5.90. The predicted octanol–water partition coefficient (Wildman–Crippen LogP) is 1.87. The number of aliphatic carboxylic acids is 4. The van der Waals surface area contributed by atoms with Crippen LogP contribution in [0.3, 0.4) is 0 Å². The number of carbonyl (C=O) groups is 4. The fraction of sp³-hybridized carbons (Fsp3) is 0.375. The SMILES string of the molecule is O=C(O)CC(C(=O)O)C1CC(C(=O)O)C(C(=O)O)c2cc(Cl)ccc21. The molecule has 0 amide bonds. The Balaban J connectivity index is 2.64. The highest BCUT2D eigenvalue weighted by atomic mass is 35.5. The van der Waals surface area contributed by atoms with E-state index in [-0.39, 0.29) is 17.0 Å². The smallest absolute Gasteiger partial charge is 0.311 e. The van der Waals surface area contributed by atoms with Crippen molar-refractivity contribution >= 4 is 35.5 Å². The van der Waals surface area contributed by atoms with Gasteiger partial charge in [0.15, 0.2) is 0 Å². The molecule has 9 heteroatoms. The molecule has 8 nitrogen and oxygen atoms in total. The van der Waals surface area contributed by atoms with Gasteiger partial charge in [-0.2, -0.15) is 0 Å². The van der Waals surface area contributed by atoms with Crippen molar-refractivity contribution in [3.05, 3.63) is 34.3 Å². The quantitative estimate of drug-likeness (QED) is 0.592. The summed E-state index contributed by atoms with van der Waals surface area (Å²) in [6, 6.07) is 4.18. The van der Waals surface area contributed by atoms with Crippen molar-refractivity contribution in [3.63, 3.8) is 0 Å². The summed E-state index contributed by atoms with van der Waals surface area (Å²) in [6.45, 7) is 0. The van der Waals surface area contributed by atoms with Crippen molar-refractivity contribution in [2.45, 2.75) is 24.7 Å². The number of hydrogen-bond acceptors (Lipinski definition) is 4. The van der Waals surface area contributed by atoms with Gasteiger partial charge in [0.1, 0.15) is 0 Å². The van der Waals surface area contributed by atoms with Crippen LogP contribution < -0.4 is 0 Å². The largest absolute Gasteiger partial charge is 0.481 e. The Morgan fingerprint density at radius 3 is 2.16 bits per heavy atom. The van der Waals surface area contributed by atoms with Crippen molar-refractivity contribution < 1.29 is 39.6 Å². The maximum Gasteiger partial charge on any atom is 0.311 e. The van der Waals surface area contributed by atoms with E-state index in [9.17, 15) is 34.5 Å². The van der Waals surface area contributed by atoms with E-state index in [1.807, 2.05) is 0 Å². The molecule has 0 heterocycles. The topological polar surface area (TPSA) is 149 Å². The normalized spacial score (nSPS) is 23.3. The van der Waals surface area contributed by atoms with Crippen molar-refractivity contribution in [3.8, 4) is 0 Å². The summed E-state index contributed by atoms with van der Waals surface area (Å²) in [4.78, 5) is 45.7. The average Bonchev–Trinajstić information content (AvgIpc) is 2.49. The fourth-order valence-electron chi connectivity index (χ4n) is 3.43. The van der Waals surface area contributed by atoms with Crippen molar-refractivity contribution in [2.24, 2.45) is 11.8 Å². The first-order valence-corrected chi connectivity index (χ1v) is 7.70. The summed E-state index contributed by atoms with van der Waals surface area (Å²) in [7, 11) is 0. The minimum absolute atomic E-state index is 0.111. The Labute approximate surface area is 146 Å². The monoisotopic (exact) mass is 370 g/mol. The van der Waals surface area contributed by atoms with Gasteiger partial charge in [0.2, 0.25) is 0 Å². The van der Waals surface area contributed by atoms with Crippen molar-refractivity contribution in [1.82, 2.24) is 0 Å². The fourth-order valence-corrected chi connectivity index (χ4v) is 3.61. The highest BCUT2D eigenvalue weighted by Crippen LogP contribution is 2.47. The van der Waals surface area contributed by atoms with Crippen LogP contribution in [-0.4, -0.2) is 44.3 Å². The molecule has 2 rings (SSSR count). The molecular weight excluding hydrogens is 356 g/mol. The minimum Gasteiger partial charge on any atom is -0.481 e. The molecule has 1 aromatic rings. The van der Waals surface area contributed by atoms with E-state index in [2.05, 4.69) is 0 Å². The van der Waals surface area contributed by atoms with E-state index in [1.165, 1.54) is 18.2 Å². The lowest BCUT2D eigenvalue weighted by molar-refractivity contribution is -0.153. The van der Waals surface area contributed by atoms with Crippen molar-refractivity contribution in [2.75, 3.05) is 0 Å². The Morgan fingerprint density at radius 1 is 1.04 bits per heavy atom. The third-order valence-electron chi connectivity index (χ3n) is 4.47. The molecule has 4 N–H and O–H groups in total. The maximum absolute atomic E-state index is 11.6. The van der Waals surface area contributed by atoms with Gasteiger partial charge in [-0.3, -0.25) is 19.2 Å². The number of hydrogen-bond donors (Lipinski definition) is 4. The molecule has 1 aliphatic carbocycles. The molecule has 134 valence electrons. The Bertz CT molecular complexity index is 744. The molecule has 0 aliphatic heterocycles. The van der Waals surface area contributed by atoms with Crippen LogP contribution in [-0.2, 0) is 19.2 Å². The average molecular weight is 371 g/mol. The molecule has 0 aromatic heterocycles. The number of fused-ring (bicyclic) bond motifs is 1. The van der Waals surface area contributed by atoms with Gasteiger partial charge in [0.05, 0.1) is 24.2 Å². The van der Waals surface area contributed by atoms with Gasteiger partial charge in [-0.15, -0.1) is 0 Å². The first kappa shape index (κ1) is 18.7. The van der Waals surface area contributed by atoms with E-state index in [4.69, 9.17) is 16.7 Å². The van der Waals surface area contributed by atoms with Gasteiger partial charge < -0.3 is 20.4 Å². The molecule has 0 spiro atoms. The van der Waals surface area contributed by atoms with E-state index in [0.29, 0.717) is 5.56 Å². The van der Waals surface area contributed by atoms with Gasteiger partial charge in [0.25, 0.3) is 0 Å². The zero-order valence-corrected chi connectivity index (χ0v) is 13.5. The first-order valence-electron chi connectivity index (χ1n) is 7.33. The van der Waals surface area contributed by atoms with Crippen LogP contribution in [0.25, 0.3) is 0 Å². The third kappa shape index (κ3) is 3.74. The Kier molecular flexibility index (Phi) is 5.32. The van der Waals surface area contributed by atoms with Crippen LogP contribution in [0.1, 0.15) is 35.8 Å². The lowest BCUT2D eigenvalue weighted by Gasteiger charge is -2.36. The van der Waals surface area contributed by atoms with Crippen LogP contribution in [0.5, 0.6) is 0 Å². The summed E-state index contributed by atoms with van der Waals surface area (Å²) < 4.78 is 0. The third-order valence-corrected chi connectivity index (χ3v) is 4.71. The standard InChI is InChI=1S/C16H15ClO8/c17-6-1-2-7-8(10(14(20)21)5-12(18)19)4-11(15(22)23)13(16(24)25)9(7)3-6/h1-3,8,10-11,13H,4-5H2,(H,18,19)(H,20,21)(H,22,23)(H,24,25). The van der Waals surface area contributed by atoms with Crippen LogP contribution in [0.2, 0.25) is 5.02 Å². The molecule has 0 fully saturated rings. The molecule has 0 saturated carbocycles. The summed E-state index contributed by atoms with van der Waals surface area (Å²) in [5, 5.41) is 37.4. The van der Waals surface area contributed by atoms with E-state index in [0.717, 1.165) is 0 Å². The molecule has 0 radical (unpaired) electrons. The summed E-state index contributed by atoms with van der Waals surface area (Å²) in [5.74, 6) is -10.6. The zero-order valence-electron chi connectivity index (χ0n) is 12.8. The van der Waals surface area contributed by atoms with E-state index in [1.54, 1.807) is 0 Å². The van der Waals surface area contributed by atoms with Gasteiger partial charge in [0, 0.05) is 5.02 Å². The highest BCUT2D eigenvalue weighted by molar-refractivity contribution is 6.30. The molecule has 1 aromatic carbocycles. The van der Waals surface area contributed by atoms with Crippen LogP contribution in [0, 0.1) is 11.8 Å². The lowest BCUT2D eigenvalue weighted by Crippen LogP contribution is -2.38. The Hall–Kier alpha value is -2.61. The van der Waals surface area contributed by atoms with E-state index < -0.39 is 54.0 Å². The lowest BCUT2D eigenvalue weighted by atomic mass is 9.66. The number of halogens is 1. The van der Waals surface area contributed by atoms with Crippen LogP contribution in [0.4, 0.5) is 0 Å². The number of rotatable bonds is 6. The van der Waals surface area contributed by atoms with Gasteiger partial charge in [-0.05, 0) is 35.6 Å². The van der Waals surface area contributed by atoms with E-state index >= 15 is 0 Å². The molecule has 25 heavy (non-hydrogen) atoms. The zero-order chi connectivity index (χ0) is 18.9. The number of benzene rings is 1. The molecule has 0 saturated heterocycles. The molecular formula is C16H15ClO8. The van der Waals surface area contributed by atoms with Crippen LogP contribution >= 0.6 is 11.6 Å². The molecule has 1 aliphatic rings. The Morgan fingerprint density at radius 2 is 1.68 bits per heavy atom. The molecule has 4 unspecified atom stereocenters. The number of carboxylic acids is 4.